The van der Waals surface area contributed by atoms with Gasteiger partial charge in [-0.25, -0.2) is 0 Å². The topological polar surface area (TPSA) is 40.5 Å². The van der Waals surface area contributed by atoms with E-state index in [0.717, 1.165) is 72.5 Å². The minimum Gasteiger partial charge on any atom is -0.481 e. The summed E-state index contributed by atoms with van der Waals surface area (Å²) in [6.45, 7) is 1.73. The van der Waals surface area contributed by atoms with Crippen LogP contribution in [0.25, 0.3) is 5.57 Å². The van der Waals surface area contributed by atoms with Crippen molar-refractivity contribution in [2.45, 2.75) is 60.5 Å². The zero-order valence-corrected chi connectivity index (χ0v) is 19.0. The summed E-state index contributed by atoms with van der Waals surface area (Å²) in [6, 6.07) is 12.5. The lowest BCUT2D eigenvalue weighted by molar-refractivity contribution is -0.143. The third-order valence-corrected chi connectivity index (χ3v) is 8.42. The average molecular weight is 474 g/mol. The summed E-state index contributed by atoms with van der Waals surface area (Å²) in [7, 11) is 0. The molecule has 174 valence electrons. The molecule has 1 aliphatic carbocycles. The molecule has 5 rings (SSSR count). The van der Waals surface area contributed by atoms with Gasteiger partial charge in [-0.15, -0.1) is 0 Å². The lowest BCUT2D eigenvalue weighted by Gasteiger charge is -2.39. The lowest BCUT2D eigenvalue weighted by atomic mass is 9.83. The predicted octanol–water partition coefficient (Wildman–Crippen LogP) is 6.71. The number of rotatable bonds is 2. The van der Waals surface area contributed by atoms with E-state index in [4.69, 9.17) is 0 Å². The van der Waals surface area contributed by atoms with E-state index >= 15 is 0 Å². The molecule has 0 radical (unpaired) electrons. The number of hydrogen-bond donors (Lipinski definition) is 1. The first kappa shape index (κ1) is 22.5. The van der Waals surface area contributed by atoms with Crippen LogP contribution in [-0.2, 0) is 11.0 Å². The van der Waals surface area contributed by atoms with Crippen LogP contribution in [0.15, 0.2) is 57.8 Å². The molecule has 0 spiro atoms. The van der Waals surface area contributed by atoms with E-state index in [-0.39, 0.29) is 5.92 Å². The molecule has 1 N–H and O–H groups in total. The van der Waals surface area contributed by atoms with Crippen molar-refractivity contribution in [1.29, 1.82) is 0 Å². The summed E-state index contributed by atoms with van der Waals surface area (Å²) >= 11 is 1.54. The second kappa shape index (κ2) is 8.84. The molecule has 0 bridgehead atoms. The molecule has 7 heteroatoms. The van der Waals surface area contributed by atoms with Gasteiger partial charge in [-0.1, -0.05) is 35.5 Å². The number of benzene rings is 2. The fraction of sp³-hybridized carbons (Fsp3) is 0.423. The van der Waals surface area contributed by atoms with Gasteiger partial charge in [-0.3, -0.25) is 9.69 Å². The molecule has 2 heterocycles. The Bertz CT molecular complexity index is 1090. The first-order valence-electron chi connectivity index (χ1n) is 11.5. The Morgan fingerprint density at radius 2 is 1.61 bits per heavy atom. The molecule has 1 saturated carbocycles. The average Bonchev–Trinajstić information content (AvgIpc) is 2.82. The van der Waals surface area contributed by atoms with Crippen LogP contribution in [0.1, 0.15) is 55.2 Å². The Morgan fingerprint density at radius 3 is 2.27 bits per heavy atom. The van der Waals surface area contributed by atoms with Crippen LogP contribution in [0.3, 0.4) is 0 Å². The van der Waals surface area contributed by atoms with Gasteiger partial charge in [0.05, 0.1) is 11.5 Å². The predicted molar refractivity (Wildman–Crippen MR) is 122 cm³/mol. The van der Waals surface area contributed by atoms with Gasteiger partial charge in [0.1, 0.15) is 0 Å². The van der Waals surface area contributed by atoms with Gasteiger partial charge in [-0.2, -0.15) is 13.2 Å². The highest BCUT2D eigenvalue weighted by molar-refractivity contribution is 7.99. The van der Waals surface area contributed by atoms with E-state index < -0.39 is 17.7 Å². The van der Waals surface area contributed by atoms with Crippen molar-refractivity contribution < 1.29 is 23.1 Å². The Labute approximate surface area is 195 Å². The largest absolute Gasteiger partial charge is 0.481 e. The summed E-state index contributed by atoms with van der Waals surface area (Å²) in [5.74, 6) is -0.913. The number of nitrogens with zero attached hydrogens (tertiary/aromatic N) is 1. The highest BCUT2D eigenvalue weighted by Crippen LogP contribution is 2.49. The van der Waals surface area contributed by atoms with Crippen LogP contribution in [0.2, 0.25) is 0 Å². The fourth-order valence-electron chi connectivity index (χ4n) is 5.49. The molecule has 0 amide bonds. The number of carboxylic acids is 1. The zero-order chi connectivity index (χ0) is 23.2. The third kappa shape index (κ3) is 4.45. The van der Waals surface area contributed by atoms with E-state index in [9.17, 15) is 23.1 Å². The molecular formula is C26H26F3NO2S. The van der Waals surface area contributed by atoms with Crippen LogP contribution in [-0.4, -0.2) is 35.1 Å². The van der Waals surface area contributed by atoms with Crippen molar-refractivity contribution in [2.75, 3.05) is 13.1 Å². The number of piperidine rings is 1. The number of alkyl halides is 3. The van der Waals surface area contributed by atoms with Gasteiger partial charge in [-0.05, 0) is 79.5 Å². The monoisotopic (exact) mass is 473 g/mol. The number of fused-ring (bicyclic) bond motifs is 2. The second-order valence-corrected chi connectivity index (χ2v) is 10.2. The molecule has 2 aromatic carbocycles. The first-order valence-corrected chi connectivity index (χ1v) is 12.3. The standard InChI is InChI=1S/C26H26F3NO2S/c27-26(28,29)18-7-10-23-21(15-18)24(20-3-1-2-4-22(20)33-23)16-11-13-30(14-12-16)19-8-5-17(6-9-19)25(31)32/h1-4,7,10,15,17,19H,5-6,8-9,11-14H2,(H,31,32). The smallest absolute Gasteiger partial charge is 0.416 e. The Kier molecular flexibility index (Phi) is 6.04. The first-order chi connectivity index (χ1) is 15.8. The van der Waals surface area contributed by atoms with Crippen LogP contribution in [0.4, 0.5) is 13.2 Å². The normalized spacial score (nSPS) is 23.7. The Hall–Kier alpha value is -2.25. The minimum absolute atomic E-state index is 0.223. The number of carboxylic acid groups (broad SMARTS) is 1. The van der Waals surface area contributed by atoms with Crippen LogP contribution in [0.5, 0.6) is 0 Å². The molecule has 2 aromatic rings. The van der Waals surface area contributed by atoms with E-state index in [1.54, 1.807) is 6.07 Å². The molecule has 2 aliphatic heterocycles. The Morgan fingerprint density at radius 1 is 0.939 bits per heavy atom. The molecular weight excluding hydrogens is 447 g/mol. The van der Waals surface area contributed by atoms with Gasteiger partial charge in [0.15, 0.2) is 0 Å². The number of carbonyl (C=O) groups is 1. The van der Waals surface area contributed by atoms with E-state index in [0.29, 0.717) is 11.6 Å². The number of hydrogen-bond acceptors (Lipinski definition) is 3. The highest BCUT2D eigenvalue weighted by atomic mass is 32.2. The van der Waals surface area contributed by atoms with Crippen molar-refractivity contribution in [3.63, 3.8) is 0 Å². The summed E-state index contributed by atoms with van der Waals surface area (Å²) in [4.78, 5) is 15.7. The van der Waals surface area contributed by atoms with Crippen molar-refractivity contribution in [1.82, 2.24) is 4.90 Å². The van der Waals surface area contributed by atoms with Gasteiger partial charge >= 0.3 is 12.1 Å². The van der Waals surface area contributed by atoms with E-state index in [1.165, 1.54) is 29.5 Å². The molecule has 3 nitrogen and oxygen atoms in total. The third-order valence-electron chi connectivity index (χ3n) is 7.27. The van der Waals surface area contributed by atoms with E-state index in [1.807, 2.05) is 24.3 Å². The van der Waals surface area contributed by atoms with E-state index in [2.05, 4.69) is 4.90 Å². The molecule has 2 fully saturated rings. The Balaban J connectivity index is 1.43. The molecule has 33 heavy (non-hydrogen) atoms. The summed E-state index contributed by atoms with van der Waals surface area (Å²) < 4.78 is 40.5. The molecule has 0 atom stereocenters. The SMILES string of the molecule is O=C(O)C1CCC(N2CCC(=C3c4ccccc4Sc4ccc(C(F)(F)F)cc43)CC2)CC1. The fourth-order valence-corrected chi connectivity index (χ4v) is 6.56. The quantitative estimate of drug-likeness (QED) is 0.449. The van der Waals surface area contributed by atoms with Crippen LogP contribution >= 0.6 is 11.8 Å². The molecule has 0 aromatic heterocycles. The van der Waals surface area contributed by atoms with Crippen molar-refractivity contribution in [3.05, 3.63) is 64.7 Å². The summed E-state index contributed by atoms with van der Waals surface area (Å²) in [5.41, 5.74) is 3.31. The maximum atomic E-state index is 13.5. The van der Waals surface area contributed by atoms with Gasteiger partial charge in [0.2, 0.25) is 0 Å². The van der Waals surface area contributed by atoms with Gasteiger partial charge in [0.25, 0.3) is 0 Å². The van der Waals surface area contributed by atoms with Crippen LogP contribution < -0.4 is 0 Å². The number of likely N-dealkylation sites (tertiary alicyclic amines) is 1. The minimum atomic E-state index is -4.37. The molecule has 1 saturated heterocycles. The van der Waals surface area contributed by atoms with Crippen LogP contribution in [0, 0.1) is 5.92 Å². The molecule has 0 unspecified atom stereocenters. The zero-order valence-electron chi connectivity index (χ0n) is 18.2. The van der Waals surface area contributed by atoms with Crippen molar-refractivity contribution >= 4 is 23.3 Å². The summed E-state index contributed by atoms with van der Waals surface area (Å²) in [5, 5.41) is 9.25. The van der Waals surface area contributed by atoms with Gasteiger partial charge < -0.3 is 5.11 Å². The van der Waals surface area contributed by atoms with Crippen molar-refractivity contribution in [3.8, 4) is 0 Å². The molecule has 3 aliphatic rings. The maximum absolute atomic E-state index is 13.5. The highest BCUT2D eigenvalue weighted by Gasteiger charge is 2.34. The maximum Gasteiger partial charge on any atom is 0.416 e. The lowest BCUT2D eigenvalue weighted by Crippen LogP contribution is -2.42. The number of aliphatic carboxylic acids is 1. The second-order valence-electron chi connectivity index (χ2n) is 9.17. The number of halogens is 3. The van der Waals surface area contributed by atoms with Crippen molar-refractivity contribution in [2.24, 2.45) is 5.92 Å². The summed E-state index contributed by atoms with van der Waals surface area (Å²) in [6.07, 6.45) is 0.530. The van der Waals surface area contributed by atoms with Gasteiger partial charge in [0, 0.05) is 28.9 Å².